The molecule has 0 spiro atoms. The summed E-state index contributed by atoms with van der Waals surface area (Å²) >= 11 is 0. The smallest absolute Gasteiger partial charge is 0.254 e. The maximum absolute atomic E-state index is 13.6. The molecule has 3 N–H and O–H groups in total. The van der Waals surface area contributed by atoms with Gasteiger partial charge in [0.15, 0.2) is 0 Å². The van der Waals surface area contributed by atoms with E-state index in [0.717, 1.165) is 76.6 Å². The summed E-state index contributed by atoms with van der Waals surface area (Å²) in [7, 11) is 0. The highest BCUT2D eigenvalue weighted by molar-refractivity contribution is 5.95. The second-order valence-electron chi connectivity index (χ2n) is 12.1. The van der Waals surface area contributed by atoms with Crippen LogP contribution in [0, 0.1) is 17.8 Å². The van der Waals surface area contributed by atoms with E-state index in [1.807, 2.05) is 4.90 Å². The van der Waals surface area contributed by atoms with Gasteiger partial charge in [-0.1, -0.05) is 12.8 Å². The summed E-state index contributed by atoms with van der Waals surface area (Å²) < 4.78 is 0. The molecule has 8 nitrogen and oxygen atoms in total. The Kier molecular flexibility index (Phi) is 5.98. The summed E-state index contributed by atoms with van der Waals surface area (Å²) in [6.45, 7) is 3.13. The zero-order valence-corrected chi connectivity index (χ0v) is 20.8. The van der Waals surface area contributed by atoms with Gasteiger partial charge in [-0.25, -0.2) is 9.97 Å². The highest BCUT2D eigenvalue weighted by Crippen LogP contribution is 2.55. The van der Waals surface area contributed by atoms with Gasteiger partial charge in [-0.05, 0) is 75.5 Å². The van der Waals surface area contributed by atoms with Gasteiger partial charge >= 0.3 is 0 Å². The van der Waals surface area contributed by atoms with Crippen molar-refractivity contribution < 1.29 is 14.7 Å². The Morgan fingerprint density at radius 2 is 1.74 bits per heavy atom. The summed E-state index contributed by atoms with van der Waals surface area (Å²) in [4.78, 5) is 36.6. The van der Waals surface area contributed by atoms with Crippen LogP contribution in [0.25, 0.3) is 0 Å². The first-order valence-electron chi connectivity index (χ1n) is 13.8. The number of hydrogen-bond donors (Lipinski definition) is 3. The van der Waals surface area contributed by atoms with Crippen molar-refractivity contribution in [1.29, 1.82) is 0 Å². The number of aliphatic hydroxyl groups is 1. The van der Waals surface area contributed by atoms with E-state index < -0.39 is 5.60 Å². The summed E-state index contributed by atoms with van der Waals surface area (Å²) in [6, 6.07) is 0.389. The minimum absolute atomic E-state index is 0.0438. The maximum atomic E-state index is 13.6. The first-order valence-corrected chi connectivity index (χ1v) is 13.8. The number of rotatable bonds is 5. The molecule has 8 heteroatoms. The van der Waals surface area contributed by atoms with E-state index in [1.165, 1.54) is 12.8 Å². The molecule has 7 rings (SSSR count). The largest absolute Gasteiger partial charge is 0.390 e. The quantitative estimate of drug-likeness (QED) is 0.596. The summed E-state index contributed by atoms with van der Waals surface area (Å²) in [6.07, 6.45) is 12.8. The van der Waals surface area contributed by atoms with Crippen LogP contribution >= 0.6 is 0 Å². The Balaban J connectivity index is 1.18. The molecule has 2 atom stereocenters. The molecule has 2 amide bonds. The van der Waals surface area contributed by atoms with E-state index in [-0.39, 0.29) is 23.9 Å². The minimum Gasteiger partial charge on any atom is -0.390 e. The number of hydrogen-bond acceptors (Lipinski definition) is 6. The Bertz CT molecular complexity index is 969. The molecule has 1 saturated heterocycles. The van der Waals surface area contributed by atoms with Crippen molar-refractivity contribution in [2.45, 2.75) is 101 Å². The van der Waals surface area contributed by atoms with Gasteiger partial charge in [0.05, 0.1) is 16.9 Å². The fourth-order valence-electron chi connectivity index (χ4n) is 8.12. The first kappa shape index (κ1) is 23.2. The van der Waals surface area contributed by atoms with Crippen LogP contribution in [0.5, 0.6) is 0 Å². The number of nitrogens with one attached hydrogen (secondary N) is 2. The normalized spacial score (nSPS) is 34.9. The molecule has 1 aliphatic heterocycles. The lowest BCUT2D eigenvalue weighted by Gasteiger charge is -2.58. The average molecular weight is 482 g/mol. The standard InChI is InChI=1S/C27H39N5O3/c1-16(33)32-8-6-21(7-9-32)29-26-28-15-22(24(31-26)18-4-2-3-5-18)25(34)30-23-19-10-17-11-20(23)14-27(35,12-17)13-19/h15,17-21,23,35H,2-14H2,1H3,(H,30,34)(H,28,29,31). The van der Waals surface area contributed by atoms with Gasteiger partial charge in [0.25, 0.3) is 5.91 Å². The van der Waals surface area contributed by atoms with Crippen LogP contribution in [-0.4, -0.2) is 62.6 Å². The van der Waals surface area contributed by atoms with Gasteiger partial charge in [0.1, 0.15) is 0 Å². The van der Waals surface area contributed by atoms with Crippen LogP contribution < -0.4 is 10.6 Å². The summed E-state index contributed by atoms with van der Waals surface area (Å²) in [5.41, 5.74) is 1.02. The van der Waals surface area contributed by atoms with E-state index in [9.17, 15) is 14.7 Å². The Labute approximate surface area is 207 Å². The fraction of sp³-hybridized carbons (Fsp3) is 0.778. The van der Waals surface area contributed by atoms with Crippen LogP contribution in [-0.2, 0) is 4.79 Å². The lowest BCUT2D eigenvalue weighted by Crippen LogP contribution is -2.61. The third kappa shape index (κ3) is 4.54. The molecule has 6 aliphatic rings. The predicted molar refractivity (Wildman–Crippen MR) is 132 cm³/mol. The van der Waals surface area contributed by atoms with Crippen LogP contribution in [0.1, 0.15) is 99.5 Å². The summed E-state index contributed by atoms with van der Waals surface area (Å²) in [5, 5.41) is 17.8. The number of likely N-dealkylation sites (tertiary alicyclic amines) is 1. The molecule has 35 heavy (non-hydrogen) atoms. The third-order valence-corrected chi connectivity index (χ3v) is 9.62. The topological polar surface area (TPSA) is 107 Å². The third-order valence-electron chi connectivity index (χ3n) is 9.62. The Morgan fingerprint density at radius 3 is 2.37 bits per heavy atom. The number of amides is 2. The van der Waals surface area contributed by atoms with Crippen LogP contribution in [0.3, 0.4) is 0 Å². The first-order chi connectivity index (χ1) is 16.9. The molecule has 6 fully saturated rings. The lowest BCUT2D eigenvalue weighted by molar-refractivity contribution is -0.137. The SMILES string of the molecule is CC(=O)N1CCC(Nc2ncc(C(=O)NC3C4CC5CC3CC(O)(C5)C4)c(C3CCCC3)n2)CC1. The highest BCUT2D eigenvalue weighted by Gasteiger charge is 2.55. The van der Waals surface area contributed by atoms with E-state index >= 15 is 0 Å². The van der Waals surface area contributed by atoms with Gasteiger partial charge in [-0.3, -0.25) is 9.59 Å². The number of aromatic nitrogens is 2. The molecule has 1 aromatic rings. The summed E-state index contributed by atoms with van der Waals surface area (Å²) in [5.74, 6) is 2.38. The van der Waals surface area contributed by atoms with Crippen molar-refractivity contribution in [3.63, 3.8) is 0 Å². The molecule has 190 valence electrons. The zero-order valence-electron chi connectivity index (χ0n) is 20.8. The molecular formula is C27H39N5O3. The minimum atomic E-state index is -0.496. The molecule has 5 aliphatic carbocycles. The second-order valence-corrected chi connectivity index (χ2v) is 12.1. The molecular weight excluding hydrogens is 442 g/mol. The Morgan fingerprint density at radius 1 is 1.06 bits per heavy atom. The molecule has 5 saturated carbocycles. The van der Waals surface area contributed by atoms with Gasteiger partial charge in [0.2, 0.25) is 11.9 Å². The van der Waals surface area contributed by atoms with Gasteiger partial charge in [-0.15, -0.1) is 0 Å². The maximum Gasteiger partial charge on any atom is 0.254 e. The van der Waals surface area contributed by atoms with Gasteiger partial charge in [-0.2, -0.15) is 0 Å². The van der Waals surface area contributed by atoms with Crippen molar-refractivity contribution in [1.82, 2.24) is 20.2 Å². The molecule has 2 unspecified atom stereocenters. The van der Waals surface area contributed by atoms with Crippen LogP contribution in [0.4, 0.5) is 5.95 Å². The van der Waals surface area contributed by atoms with Crippen molar-refractivity contribution in [2.24, 2.45) is 17.8 Å². The second kappa shape index (κ2) is 9.02. The van der Waals surface area contributed by atoms with Gasteiger partial charge in [0, 0.05) is 44.2 Å². The fourth-order valence-corrected chi connectivity index (χ4v) is 8.12. The highest BCUT2D eigenvalue weighted by atomic mass is 16.3. The Hall–Kier alpha value is -2.22. The lowest BCUT2D eigenvalue weighted by atomic mass is 9.52. The van der Waals surface area contributed by atoms with Crippen molar-refractivity contribution in [3.05, 3.63) is 17.5 Å². The monoisotopic (exact) mass is 481 g/mol. The van der Waals surface area contributed by atoms with Gasteiger partial charge < -0.3 is 20.6 Å². The van der Waals surface area contributed by atoms with Crippen LogP contribution in [0.15, 0.2) is 6.20 Å². The number of carbonyl (C=O) groups excluding carboxylic acids is 2. The van der Waals surface area contributed by atoms with E-state index in [4.69, 9.17) is 4.98 Å². The molecule has 2 heterocycles. The average Bonchev–Trinajstić information content (AvgIpc) is 3.35. The van der Waals surface area contributed by atoms with Crippen molar-refractivity contribution in [2.75, 3.05) is 18.4 Å². The zero-order chi connectivity index (χ0) is 24.2. The van der Waals surface area contributed by atoms with E-state index in [1.54, 1.807) is 13.1 Å². The van der Waals surface area contributed by atoms with E-state index in [0.29, 0.717) is 35.2 Å². The number of anilines is 1. The number of piperidine rings is 1. The van der Waals surface area contributed by atoms with Crippen molar-refractivity contribution >= 4 is 17.8 Å². The molecule has 1 aromatic heterocycles. The predicted octanol–water partition coefficient (Wildman–Crippen LogP) is 3.23. The molecule has 0 radical (unpaired) electrons. The van der Waals surface area contributed by atoms with Crippen LogP contribution in [0.2, 0.25) is 0 Å². The van der Waals surface area contributed by atoms with Crippen molar-refractivity contribution in [3.8, 4) is 0 Å². The number of nitrogens with zero attached hydrogens (tertiary/aromatic N) is 3. The van der Waals surface area contributed by atoms with E-state index in [2.05, 4.69) is 15.6 Å². The number of carbonyl (C=O) groups is 2. The molecule has 0 aromatic carbocycles. The molecule has 4 bridgehead atoms.